The minimum absolute atomic E-state index is 0.0331. The van der Waals surface area contributed by atoms with Crippen LogP contribution in [0.4, 0.5) is 0 Å². The normalized spacial score (nSPS) is 13.4. The molecular formula is C28H58NO8P. The van der Waals surface area contributed by atoms with Crippen molar-refractivity contribution in [2.45, 2.75) is 96.8 Å². The maximum Gasteiger partial charge on any atom is 0.472 e. The molecular weight excluding hydrogens is 509 g/mol. The molecule has 0 saturated carbocycles. The second kappa shape index (κ2) is 31.2. The number of hydrogen-bond donors (Lipinski definition) is 2. The number of unbranched alkanes of at least 4 members (excludes halogenated alkanes) is 12. The van der Waals surface area contributed by atoms with E-state index < -0.39 is 7.82 Å². The van der Waals surface area contributed by atoms with Crippen LogP contribution in [0.25, 0.3) is 0 Å². The molecule has 38 heavy (non-hydrogen) atoms. The van der Waals surface area contributed by atoms with E-state index in [9.17, 15) is 9.46 Å². The summed E-state index contributed by atoms with van der Waals surface area (Å²) in [5, 5.41) is 0. The summed E-state index contributed by atoms with van der Waals surface area (Å²) in [6.45, 7) is 6.25. The van der Waals surface area contributed by atoms with Crippen molar-refractivity contribution < 1.29 is 37.5 Å². The first-order valence-corrected chi connectivity index (χ1v) is 16.4. The molecule has 0 amide bonds. The Kier molecular flexibility index (Phi) is 30.9. The average Bonchev–Trinajstić information content (AvgIpc) is 2.91. The van der Waals surface area contributed by atoms with E-state index >= 15 is 0 Å². The summed E-state index contributed by atoms with van der Waals surface area (Å²) in [6, 6.07) is 0. The molecule has 0 fully saturated rings. The third kappa shape index (κ3) is 31.9. The number of nitrogens with two attached hydrogens (primary N) is 1. The molecule has 1 unspecified atom stereocenters. The van der Waals surface area contributed by atoms with E-state index in [0.717, 1.165) is 13.0 Å². The van der Waals surface area contributed by atoms with Crippen LogP contribution in [-0.4, -0.2) is 77.5 Å². The van der Waals surface area contributed by atoms with Crippen molar-refractivity contribution >= 4 is 7.82 Å². The minimum Gasteiger partial charge on any atom is -0.379 e. The van der Waals surface area contributed by atoms with Gasteiger partial charge in [-0.25, -0.2) is 4.57 Å². The number of allylic oxidation sites excluding steroid dienone is 2. The summed E-state index contributed by atoms with van der Waals surface area (Å²) in [6.07, 6.45) is 23.1. The van der Waals surface area contributed by atoms with Crippen LogP contribution in [0.2, 0.25) is 0 Å². The molecule has 0 aromatic rings. The lowest BCUT2D eigenvalue weighted by Crippen LogP contribution is -2.13. The summed E-state index contributed by atoms with van der Waals surface area (Å²) in [5.41, 5.74) is 5.20. The first kappa shape index (κ1) is 37.6. The number of phosphoric acid groups is 1. The van der Waals surface area contributed by atoms with Crippen molar-refractivity contribution in [2.75, 3.05) is 72.6 Å². The van der Waals surface area contributed by atoms with Gasteiger partial charge in [-0.2, -0.15) is 0 Å². The highest BCUT2D eigenvalue weighted by atomic mass is 31.2. The third-order valence-corrected chi connectivity index (χ3v) is 6.79. The van der Waals surface area contributed by atoms with Crippen LogP contribution in [0.5, 0.6) is 0 Å². The maximum atomic E-state index is 11.4. The van der Waals surface area contributed by atoms with E-state index in [0.29, 0.717) is 39.6 Å². The van der Waals surface area contributed by atoms with Crippen LogP contribution >= 0.6 is 7.82 Å². The van der Waals surface area contributed by atoms with Gasteiger partial charge < -0.3 is 29.6 Å². The van der Waals surface area contributed by atoms with Crippen molar-refractivity contribution in [1.29, 1.82) is 0 Å². The fraction of sp³-hybridized carbons (Fsp3) is 0.929. The van der Waals surface area contributed by atoms with Crippen LogP contribution in [0.1, 0.15) is 96.8 Å². The van der Waals surface area contributed by atoms with Crippen LogP contribution in [0, 0.1) is 0 Å². The molecule has 0 saturated heterocycles. The average molecular weight is 568 g/mol. The molecule has 228 valence electrons. The Morgan fingerprint density at radius 2 is 0.947 bits per heavy atom. The molecule has 0 aliphatic heterocycles. The van der Waals surface area contributed by atoms with Crippen LogP contribution in [0.15, 0.2) is 12.2 Å². The third-order valence-electron chi connectivity index (χ3n) is 5.77. The monoisotopic (exact) mass is 567 g/mol. The molecule has 9 nitrogen and oxygen atoms in total. The molecule has 0 aromatic carbocycles. The molecule has 0 aliphatic rings. The van der Waals surface area contributed by atoms with E-state index in [2.05, 4.69) is 23.6 Å². The molecule has 3 N–H and O–H groups in total. The Morgan fingerprint density at radius 1 is 0.553 bits per heavy atom. The quantitative estimate of drug-likeness (QED) is 0.0558. The van der Waals surface area contributed by atoms with Gasteiger partial charge in [0.1, 0.15) is 0 Å². The Bertz CT molecular complexity index is 539. The molecule has 0 heterocycles. The lowest BCUT2D eigenvalue weighted by atomic mass is 10.1. The lowest BCUT2D eigenvalue weighted by Gasteiger charge is -2.11. The Labute approximate surface area is 232 Å². The van der Waals surface area contributed by atoms with Gasteiger partial charge in [0.25, 0.3) is 0 Å². The first-order chi connectivity index (χ1) is 18.6. The standard InChI is InChI=1S/C28H58NO8P/c1-2-3-4-5-6-7-8-9-10-11-12-13-14-15-16-17-19-32-21-22-33-23-24-34-25-26-35-27-28-37-38(30,31)36-20-18-29/h9-10H,2-8,11-29H2,1H3,(H,30,31)/b10-9-. The van der Waals surface area contributed by atoms with Crippen molar-refractivity contribution in [3.05, 3.63) is 12.2 Å². The van der Waals surface area contributed by atoms with E-state index in [4.69, 9.17) is 29.2 Å². The van der Waals surface area contributed by atoms with Gasteiger partial charge in [0.2, 0.25) is 0 Å². The summed E-state index contributed by atoms with van der Waals surface area (Å²) >= 11 is 0. The molecule has 0 radical (unpaired) electrons. The Balaban J connectivity index is 3.14. The van der Waals surface area contributed by atoms with E-state index in [1.807, 2.05) is 0 Å². The van der Waals surface area contributed by atoms with Crippen molar-refractivity contribution in [1.82, 2.24) is 0 Å². The van der Waals surface area contributed by atoms with Gasteiger partial charge in [-0.3, -0.25) is 9.05 Å². The molecule has 0 aromatic heterocycles. The predicted molar refractivity (Wildman–Crippen MR) is 154 cm³/mol. The molecule has 1 atom stereocenters. The molecule has 0 rings (SSSR count). The maximum absolute atomic E-state index is 11.4. The molecule has 10 heteroatoms. The number of phosphoric ester groups is 1. The summed E-state index contributed by atoms with van der Waals surface area (Å²) in [5.74, 6) is 0. The second-order valence-electron chi connectivity index (χ2n) is 9.31. The van der Waals surface area contributed by atoms with Gasteiger partial charge in [-0.05, 0) is 32.1 Å². The largest absolute Gasteiger partial charge is 0.472 e. The van der Waals surface area contributed by atoms with Gasteiger partial charge in [0.15, 0.2) is 0 Å². The summed E-state index contributed by atoms with van der Waals surface area (Å²) < 4.78 is 42.5. The highest BCUT2D eigenvalue weighted by Gasteiger charge is 2.19. The van der Waals surface area contributed by atoms with Gasteiger partial charge in [0.05, 0.1) is 59.5 Å². The van der Waals surface area contributed by atoms with Gasteiger partial charge in [-0.15, -0.1) is 0 Å². The van der Waals surface area contributed by atoms with E-state index in [1.165, 1.54) is 83.5 Å². The molecule has 0 spiro atoms. The smallest absolute Gasteiger partial charge is 0.379 e. The highest BCUT2D eigenvalue weighted by Crippen LogP contribution is 2.42. The van der Waals surface area contributed by atoms with E-state index in [1.54, 1.807) is 0 Å². The van der Waals surface area contributed by atoms with Crippen LogP contribution < -0.4 is 5.73 Å². The summed E-state index contributed by atoms with van der Waals surface area (Å²) in [4.78, 5) is 9.30. The van der Waals surface area contributed by atoms with Gasteiger partial charge >= 0.3 is 7.82 Å². The van der Waals surface area contributed by atoms with Crippen molar-refractivity contribution in [2.24, 2.45) is 5.73 Å². The van der Waals surface area contributed by atoms with Crippen molar-refractivity contribution in [3.63, 3.8) is 0 Å². The minimum atomic E-state index is -4.03. The fourth-order valence-electron chi connectivity index (χ4n) is 3.63. The topological polar surface area (TPSA) is 119 Å². The zero-order valence-corrected chi connectivity index (χ0v) is 25.1. The molecule has 0 bridgehead atoms. The van der Waals surface area contributed by atoms with Gasteiger partial charge in [0, 0.05) is 13.2 Å². The second-order valence-corrected chi connectivity index (χ2v) is 10.8. The Hall–Kier alpha value is -0.350. The number of hydrogen-bond acceptors (Lipinski definition) is 8. The van der Waals surface area contributed by atoms with Crippen molar-refractivity contribution in [3.8, 4) is 0 Å². The highest BCUT2D eigenvalue weighted by molar-refractivity contribution is 7.47. The Morgan fingerprint density at radius 3 is 1.45 bits per heavy atom. The lowest BCUT2D eigenvalue weighted by molar-refractivity contribution is -0.00617. The summed E-state index contributed by atoms with van der Waals surface area (Å²) in [7, 11) is -4.03. The number of rotatable bonds is 32. The zero-order valence-electron chi connectivity index (χ0n) is 24.2. The first-order valence-electron chi connectivity index (χ1n) is 14.9. The van der Waals surface area contributed by atoms with Crippen LogP contribution in [-0.2, 0) is 32.6 Å². The fourth-order valence-corrected chi connectivity index (χ4v) is 4.35. The zero-order chi connectivity index (χ0) is 27.8. The predicted octanol–water partition coefficient (Wildman–Crippen LogP) is 6.18. The SMILES string of the molecule is CCCCCCCC/C=C\CCCCCCCCOCCOCCOCCOCCOP(=O)(O)OCCN. The van der Waals surface area contributed by atoms with E-state index in [-0.39, 0.29) is 26.4 Å². The molecule has 0 aliphatic carbocycles. The number of ether oxygens (including phenoxy) is 4. The van der Waals surface area contributed by atoms with Gasteiger partial charge in [-0.1, -0.05) is 76.9 Å². The van der Waals surface area contributed by atoms with Crippen LogP contribution in [0.3, 0.4) is 0 Å².